The first kappa shape index (κ1) is 13.4. The topological polar surface area (TPSA) is 46.9 Å². The van der Waals surface area contributed by atoms with Crippen LogP contribution >= 0.6 is 11.8 Å². The lowest BCUT2D eigenvalue weighted by molar-refractivity contribution is -0.109. The summed E-state index contributed by atoms with van der Waals surface area (Å²) < 4.78 is 1.88. The van der Waals surface area contributed by atoms with Crippen molar-refractivity contribution in [3.05, 3.63) is 23.0 Å². The summed E-state index contributed by atoms with van der Waals surface area (Å²) in [6, 6.07) is 2.07. The van der Waals surface area contributed by atoms with Gasteiger partial charge in [-0.15, -0.1) is 0 Å². The van der Waals surface area contributed by atoms with Crippen molar-refractivity contribution in [3.63, 3.8) is 0 Å². The fourth-order valence-corrected chi connectivity index (χ4v) is 3.14. The van der Waals surface area contributed by atoms with E-state index in [0.717, 1.165) is 30.9 Å². The number of aryl methyl sites for hydroxylation is 2. The third-order valence-corrected chi connectivity index (χ3v) is 4.16. The molecule has 1 unspecified atom stereocenters. The maximum absolute atomic E-state index is 11.3. The number of carbonyl (C=O) groups is 1. The van der Waals surface area contributed by atoms with E-state index in [4.69, 9.17) is 0 Å². The van der Waals surface area contributed by atoms with Crippen molar-refractivity contribution in [1.82, 2.24) is 15.1 Å². The molecule has 18 heavy (non-hydrogen) atoms. The Morgan fingerprint density at radius 2 is 2.44 bits per heavy atom. The zero-order valence-corrected chi connectivity index (χ0v) is 11.9. The zero-order chi connectivity index (χ0) is 13.1. The van der Waals surface area contributed by atoms with Gasteiger partial charge in [0, 0.05) is 25.8 Å². The van der Waals surface area contributed by atoms with E-state index >= 15 is 0 Å². The second-order valence-electron chi connectivity index (χ2n) is 4.62. The Labute approximate surface area is 112 Å². The van der Waals surface area contributed by atoms with Crippen LogP contribution in [0.15, 0.2) is 11.6 Å². The van der Waals surface area contributed by atoms with Crippen LogP contribution in [0.3, 0.4) is 0 Å². The summed E-state index contributed by atoms with van der Waals surface area (Å²) in [7, 11) is 1.95. The van der Waals surface area contributed by atoms with Gasteiger partial charge in [0.25, 0.3) is 0 Å². The van der Waals surface area contributed by atoms with Gasteiger partial charge in [0.1, 0.15) is 0 Å². The number of aromatic nitrogens is 2. The number of piperidine rings is 1. The number of hydrogen-bond acceptors (Lipinski definition) is 4. The molecule has 1 aliphatic heterocycles. The van der Waals surface area contributed by atoms with Crippen molar-refractivity contribution < 1.29 is 4.79 Å². The van der Waals surface area contributed by atoms with Crippen molar-refractivity contribution >= 4 is 23.0 Å². The van der Waals surface area contributed by atoms with Crippen LogP contribution in [0, 0.1) is 6.92 Å². The molecule has 0 aliphatic carbocycles. The molecule has 2 rings (SSSR count). The molecule has 0 saturated carbocycles. The number of carbonyl (C=O) groups excluding carboxylic acids is 1. The average molecular weight is 265 g/mol. The Kier molecular flexibility index (Phi) is 4.24. The van der Waals surface area contributed by atoms with Gasteiger partial charge >= 0.3 is 0 Å². The second kappa shape index (κ2) is 5.71. The summed E-state index contributed by atoms with van der Waals surface area (Å²) in [6.07, 6.45) is 3.17. The van der Waals surface area contributed by atoms with Gasteiger partial charge in [-0.05, 0) is 37.6 Å². The molecule has 4 nitrogen and oxygen atoms in total. The number of hydrogen-bond donors (Lipinski definition) is 1. The first-order valence-electron chi connectivity index (χ1n) is 6.15. The highest BCUT2D eigenvalue weighted by Gasteiger charge is 2.21. The standard InChI is InChI=1S/C13H19N3OS/c1-9-6-12(16(3)15-9)7-11-8-14-5-4-13(11)18-10(2)17/h6-7,13-14H,4-5,8H2,1-3H3. The van der Waals surface area contributed by atoms with Crippen LogP contribution in [0.5, 0.6) is 0 Å². The minimum atomic E-state index is 0.189. The van der Waals surface area contributed by atoms with E-state index in [1.807, 2.05) is 18.7 Å². The van der Waals surface area contributed by atoms with E-state index in [2.05, 4.69) is 22.6 Å². The summed E-state index contributed by atoms with van der Waals surface area (Å²) in [5.41, 5.74) is 3.40. The Bertz CT molecular complexity index is 479. The average Bonchev–Trinajstić information content (AvgIpc) is 2.59. The molecule has 1 aromatic rings. The molecule has 1 N–H and O–H groups in total. The van der Waals surface area contributed by atoms with E-state index in [-0.39, 0.29) is 5.12 Å². The van der Waals surface area contributed by atoms with Gasteiger partial charge in [-0.1, -0.05) is 11.8 Å². The van der Waals surface area contributed by atoms with Crippen molar-refractivity contribution in [1.29, 1.82) is 0 Å². The van der Waals surface area contributed by atoms with Crippen LogP contribution in [0.25, 0.3) is 6.08 Å². The lowest BCUT2D eigenvalue weighted by atomic mass is 10.0. The number of thioether (sulfide) groups is 1. The summed E-state index contributed by atoms with van der Waals surface area (Å²) in [5.74, 6) is 0. The molecule has 5 heteroatoms. The molecule has 1 aliphatic rings. The zero-order valence-electron chi connectivity index (χ0n) is 11.1. The molecular weight excluding hydrogens is 246 g/mol. The molecule has 1 aromatic heterocycles. The van der Waals surface area contributed by atoms with Gasteiger partial charge in [0.2, 0.25) is 0 Å². The van der Waals surface area contributed by atoms with E-state index in [9.17, 15) is 4.79 Å². The smallest absolute Gasteiger partial charge is 0.186 e. The van der Waals surface area contributed by atoms with Crippen molar-refractivity contribution in [3.8, 4) is 0 Å². The third-order valence-electron chi connectivity index (χ3n) is 3.01. The van der Waals surface area contributed by atoms with Crippen LogP contribution in [-0.4, -0.2) is 33.2 Å². The molecule has 0 spiro atoms. The molecule has 1 atom stereocenters. The van der Waals surface area contributed by atoms with Crippen LogP contribution in [-0.2, 0) is 11.8 Å². The van der Waals surface area contributed by atoms with Crippen molar-refractivity contribution in [2.75, 3.05) is 13.1 Å². The molecule has 0 amide bonds. The van der Waals surface area contributed by atoms with Gasteiger partial charge < -0.3 is 5.32 Å². The summed E-state index contributed by atoms with van der Waals surface area (Å²) in [6.45, 7) is 5.46. The third kappa shape index (κ3) is 3.23. The minimum Gasteiger partial charge on any atom is -0.313 e. The number of nitrogens with one attached hydrogen (secondary N) is 1. The van der Waals surface area contributed by atoms with Crippen LogP contribution in [0.4, 0.5) is 0 Å². The lowest BCUT2D eigenvalue weighted by Crippen LogP contribution is -2.32. The first-order valence-corrected chi connectivity index (χ1v) is 7.03. The maximum atomic E-state index is 11.3. The van der Waals surface area contributed by atoms with Crippen LogP contribution < -0.4 is 5.32 Å². The Morgan fingerprint density at radius 3 is 3.06 bits per heavy atom. The van der Waals surface area contributed by atoms with Gasteiger partial charge in [0.05, 0.1) is 11.4 Å². The Morgan fingerprint density at radius 1 is 1.67 bits per heavy atom. The van der Waals surface area contributed by atoms with E-state index in [0.29, 0.717) is 5.25 Å². The molecule has 1 fully saturated rings. The minimum absolute atomic E-state index is 0.189. The quantitative estimate of drug-likeness (QED) is 0.885. The van der Waals surface area contributed by atoms with E-state index in [1.54, 1.807) is 6.92 Å². The van der Waals surface area contributed by atoms with Crippen molar-refractivity contribution in [2.45, 2.75) is 25.5 Å². The molecule has 0 bridgehead atoms. The van der Waals surface area contributed by atoms with E-state index in [1.165, 1.54) is 17.3 Å². The first-order chi connectivity index (χ1) is 8.56. The number of rotatable bonds is 2. The molecule has 2 heterocycles. The highest BCUT2D eigenvalue weighted by atomic mass is 32.2. The Balaban J connectivity index is 2.22. The van der Waals surface area contributed by atoms with Crippen LogP contribution in [0.2, 0.25) is 0 Å². The normalized spacial score (nSPS) is 22.4. The fourth-order valence-electron chi connectivity index (χ4n) is 2.20. The highest BCUT2D eigenvalue weighted by molar-refractivity contribution is 8.14. The monoisotopic (exact) mass is 265 g/mol. The van der Waals surface area contributed by atoms with Crippen LogP contribution in [0.1, 0.15) is 24.7 Å². The molecular formula is C13H19N3OS. The maximum Gasteiger partial charge on any atom is 0.186 e. The highest BCUT2D eigenvalue weighted by Crippen LogP contribution is 2.27. The second-order valence-corrected chi connectivity index (χ2v) is 6.00. The van der Waals surface area contributed by atoms with Gasteiger partial charge in [-0.3, -0.25) is 9.48 Å². The SMILES string of the molecule is CC(=O)SC1CCNCC1=Cc1cc(C)nn1C. The van der Waals surface area contributed by atoms with Gasteiger partial charge in [-0.25, -0.2) is 0 Å². The summed E-state index contributed by atoms with van der Waals surface area (Å²) in [5, 5.41) is 8.20. The molecule has 1 saturated heterocycles. The molecule has 0 radical (unpaired) electrons. The van der Waals surface area contributed by atoms with Gasteiger partial charge in [0.15, 0.2) is 5.12 Å². The Hall–Kier alpha value is -1.07. The molecule has 98 valence electrons. The largest absolute Gasteiger partial charge is 0.313 e. The number of nitrogens with zero attached hydrogens (tertiary/aromatic N) is 2. The lowest BCUT2D eigenvalue weighted by Gasteiger charge is -2.24. The fraction of sp³-hybridized carbons (Fsp3) is 0.538. The summed E-state index contributed by atoms with van der Waals surface area (Å²) >= 11 is 1.44. The van der Waals surface area contributed by atoms with E-state index < -0.39 is 0 Å². The summed E-state index contributed by atoms with van der Waals surface area (Å²) in [4.78, 5) is 11.3. The predicted octanol–water partition coefficient (Wildman–Crippen LogP) is 1.75. The van der Waals surface area contributed by atoms with Gasteiger partial charge in [-0.2, -0.15) is 5.10 Å². The van der Waals surface area contributed by atoms with Crippen molar-refractivity contribution in [2.24, 2.45) is 7.05 Å². The molecule has 0 aromatic carbocycles. The predicted molar refractivity (Wildman–Crippen MR) is 75.5 cm³/mol.